The van der Waals surface area contributed by atoms with E-state index in [1.54, 1.807) is 12.1 Å². The van der Waals surface area contributed by atoms with Gasteiger partial charge in [-0.05, 0) is 54.9 Å². The molecule has 2 aromatic carbocycles. The van der Waals surface area contributed by atoms with E-state index in [1.165, 1.54) is 16.7 Å². The molecule has 0 saturated heterocycles. The van der Waals surface area contributed by atoms with Crippen molar-refractivity contribution in [3.05, 3.63) is 83.4 Å². The van der Waals surface area contributed by atoms with Crippen molar-refractivity contribution in [1.82, 2.24) is 0 Å². The van der Waals surface area contributed by atoms with Gasteiger partial charge in [0, 0.05) is 0 Å². The predicted molar refractivity (Wildman–Crippen MR) is 99.8 cm³/mol. The monoisotopic (exact) mass is 322 g/mol. The van der Waals surface area contributed by atoms with E-state index in [-0.39, 0.29) is 0 Å². The highest BCUT2D eigenvalue weighted by atomic mass is 16.4. The summed E-state index contributed by atoms with van der Waals surface area (Å²) in [5.74, 6) is -0.160. The summed E-state index contributed by atoms with van der Waals surface area (Å²) in [5, 5.41) is 9.10. The van der Waals surface area contributed by atoms with Crippen LogP contribution in [0.15, 0.2) is 61.2 Å². The van der Waals surface area contributed by atoms with Crippen molar-refractivity contribution < 1.29 is 9.90 Å². The summed E-state index contributed by atoms with van der Waals surface area (Å²) in [5.41, 5.74) is 4.12. The first-order chi connectivity index (χ1) is 11.6. The fourth-order valence-electron chi connectivity index (χ4n) is 3.31. The van der Waals surface area contributed by atoms with Crippen molar-refractivity contribution in [2.45, 2.75) is 44.9 Å². The minimum atomic E-state index is -0.880. The number of hydrogen-bond acceptors (Lipinski definition) is 1. The fraction of sp³-hybridized carbons (Fsp3) is 0.318. The van der Waals surface area contributed by atoms with Gasteiger partial charge < -0.3 is 5.11 Å². The average Bonchev–Trinajstić information content (AvgIpc) is 2.59. The Bertz CT molecular complexity index is 668. The maximum Gasteiger partial charge on any atom is 0.335 e. The zero-order valence-electron chi connectivity index (χ0n) is 14.5. The van der Waals surface area contributed by atoms with Crippen molar-refractivity contribution in [2.75, 3.05) is 0 Å². The molecule has 2 heteroatoms. The van der Waals surface area contributed by atoms with E-state index in [0.717, 1.165) is 19.3 Å². The molecule has 0 fully saturated rings. The van der Waals surface area contributed by atoms with Gasteiger partial charge in [0.05, 0.1) is 5.56 Å². The Morgan fingerprint density at radius 3 is 2.08 bits per heavy atom. The zero-order valence-corrected chi connectivity index (χ0v) is 14.5. The van der Waals surface area contributed by atoms with Crippen LogP contribution in [0.25, 0.3) is 0 Å². The Labute approximate surface area is 144 Å². The minimum Gasteiger partial charge on any atom is -0.478 e. The van der Waals surface area contributed by atoms with Crippen LogP contribution in [0.5, 0.6) is 0 Å². The van der Waals surface area contributed by atoms with E-state index >= 15 is 0 Å². The van der Waals surface area contributed by atoms with Crippen LogP contribution in [0, 0.1) is 6.92 Å². The second-order valence-corrected chi connectivity index (χ2v) is 6.36. The van der Waals surface area contributed by atoms with Gasteiger partial charge >= 0.3 is 5.97 Å². The number of allylic oxidation sites excluding steroid dienone is 1. The number of rotatable bonds is 8. The molecule has 2 atom stereocenters. The largest absolute Gasteiger partial charge is 0.478 e. The third-order valence-electron chi connectivity index (χ3n) is 4.60. The Morgan fingerprint density at radius 2 is 1.58 bits per heavy atom. The number of carbonyl (C=O) groups is 1. The lowest BCUT2D eigenvalue weighted by Gasteiger charge is -2.27. The van der Waals surface area contributed by atoms with Crippen molar-refractivity contribution in [3.8, 4) is 0 Å². The number of aromatic carboxylic acids is 1. The molecule has 2 nitrogen and oxygen atoms in total. The lowest BCUT2D eigenvalue weighted by atomic mass is 9.77. The topological polar surface area (TPSA) is 37.3 Å². The van der Waals surface area contributed by atoms with Crippen LogP contribution in [0.4, 0.5) is 0 Å². The fourth-order valence-corrected chi connectivity index (χ4v) is 3.31. The Balaban J connectivity index is 2.38. The van der Waals surface area contributed by atoms with Gasteiger partial charge in [0.2, 0.25) is 0 Å². The Kier molecular flexibility index (Phi) is 6.36. The van der Waals surface area contributed by atoms with E-state index in [1.807, 2.05) is 18.2 Å². The van der Waals surface area contributed by atoms with Crippen LogP contribution in [0.1, 0.15) is 65.1 Å². The highest BCUT2D eigenvalue weighted by molar-refractivity contribution is 5.87. The van der Waals surface area contributed by atoms with Crippen LogP contribution < -0.4 is 0 Å². The number of hydrogen-bond donors (Lipinski definition) is 1. The van der Waals surface area contributed by atoms with Gasteiger partial charge in [0.1, 0.15) is 0 Å². The molecular formula is C22H26O2. The van der Waals surface area contributed by atoms with Crippen LogP contribution in [0.3, 0.4) is 0 Å². The SMILES string of the molecule is C=CCC(c1ccc(C)cc1)C(CCC)c1ccc(C(=O)O)cc1. The van der Waals surface area contributed by atoms with Crippen molar-refractivity contribution in [2.24, 2.45) is 0 Å². The minimum absolute atomic E-state index is 0.338. The molecule has 0 amide bonds. The standard InChI is InChI=1S/C22H26O2/c1-4-6-20(17-10-8-16(3)9-11-17)21(7-5-2)18-12-14-19(15-13-18)22(23)24/h4,8-15,20-21H,1,5-7H2,2-3H3,(H,23,24). The molecule has 24 heavy (non-hydrogen) atoms. The molecule has 0 heterocycles. The van der Waals surface area contributed by atoms with Gasteiger partial charge in [0.15, 0.2) is 0 Å². The molecule has 0 aliphatic carbocycles. The average molecular weight is 322 g/mol. The van der Waals surface area contributed by atoms with E-state index in [4.69, 9.17) is 5.11 Å². The second kappa shape index (κ2) is 8.49. The van der Waals surface area contributed by atoms with Gasteiger partial charge in [-0.25, -0.2) is 4.79 Å². The molecule has 0 bridgehead atoms. The summed E-state index contributed by atoms with van der Waals surface area (Å²) in [6.45, 7) is 8.23. The third-order valence-corrected chi connectivity index (χ3v) is 4.60. The smallest absolute Gasteiger partial charge is 0.335 e. The predicted octanol–water partition coefficient (Wildman–Crippen LogP) is 5.94. The summed E-state index contributed by atoms with van der Waals surface area (Å²) in [4.78, 5) is 11.1. The summed E-state index contributed by atoms with van der Waals surface area (Å²) >= 11 is 0. The van der Waals surface area contributed by atoms with Gasteiger partial charge in [-0.3, -0.25) is 0 Å². The lowest BCUT2D eigenvalue weighted by molar-refractivity contribution is 0.0697. The summed E-state index contributed by atoms with van der Waals surface area (Å²) < 4.78 is 0. The van der Waals surface area contributed by atoms with Crippen LogP contribution in [-0.4, -0.2) is 11.1 Å². The second-order valence-electron chi connectivity index (χ2n) is 6.36. The summed E-state index contributed by atoms with van der Waals surface area (Å²) in [6, 6.07) is 16.1. The first-order valence-corrected chi connectivity index (χ1v) is 8.57. The van der Waals surface area contributed by atoms with Crippen molar-refractivity contribution in [1.29, 1.82) is 0 Å². The number of carboxylic acid groups (broad SMARTS) is 1. The Hall–Kier alpha value is -2.35. The van der Waals surface area contributed by atoms with E-state index < -0.39 is 5.97 Å². The van der Waals surface area contributed by atoms with Crippen LogP contribution >= 0.6 is 0 Å². The highest BCUT2D eigenvalue weighted by Crippen LogP contribution is 2.39. The molecule has 2 unspecified atom stereocenters. The molecule has 2 aromatic rings. The molecule has 0 aliphatic rings. The van der Waals surface area contributed by atoms with Crippen LogP contribution in [0.2, 0.25) is 0 Å². The zero-order chi connectivity index (χ0) is 17.5. The maximum atomic E-state index is 11.1. The first kappa shape index (κ1) is 18.0. The molecule has 126 valence electrons. The Morgan fingerprint density at radius 1 is 1.04 bits per heavy atom. The summed E-state index contributed by atoms with van der Waals surface area (Å²) in [7, 11) is 0. The molecule has 0 saturated carbocycles. The quantitative estimate of drug-likeness (QED) is 0.611. The lowest BCUT2D eigenvalue weighted by Crippen LogP contribution is -2.12. The summed E-state index contributed by atoms with van der Waals surface area (Å²) in [6.07, 6.45) is 5.05. The molecule has 1 N–H and O–H groups in total. The molecule has 0 spiro atoms. The van der Waals surface area contributed by atoms with E-state index in [9.17, 15) is 4.79 Å². The van der Waals surface area contributed by atoms with Crippen LogP contribution in [-0.2, 0) is 0 Å². The van der Waals surface area contributed by atoms with E-state index in [2.05, 4.69) is 44.7 Å². The third kappa shape index (κ3) is 4.35. The molecule has 2 rings (SSSR count). The maximum absolute atomic E-state index is 11.1. The van der Waals surface area contributed by atoms with Gasteiger partial charge in [-0.2, -0.15) is 0 Å². The molecule has 0 radical (unpaired) electrons. The van der Waals surface area contributed by atoms with E-state index in [0.29, 0.717) is 17.4 Å². The molecule has 0 aromatic heterocycles. The number of aryl methyl sites for hydroxylation is 1. The van der Waals surface area contributed by atoms with Gasteiger partial charge in [-0.1, -0.05) is 61.4 Å². The molecular weight excluding hydrogens is 296 g/mol. The van der Waals surface area contributed by atoms with Gasteiger partial charge in [0.25, 0.3) is 0 Å². The normalized spacial score (nSPS) is 13.2. The molecule has 0 aliphatic heterocycles. The van der Waals surface area contributed by atoms with Gasteiger partial charge in [-0.15, -0.1) is 6.58 Å². The van der Waals surface area contributed by atoms with Crippen molar-refractivity contribution >= 4 is 5.97 Å². The number of carboxylic acids is 1. The van der Waals surface area contributed by atoms with Crippen molar-refractivity contribution in [3.63, 3.8) is 0 Å². The number of benzene rings is 2. The first-order valence-electron chi connectivity index (χ1n) is 8.57. The highest BCUT2D eigenvalue weighted by Gasteiger charge is 2.23.